The zero-order chi connectivity index (χ0) is 20.1. The molecule has 0 radical (unpaired) electrons. The van der Waals surface area contributed by atoms with E-state index < -0.39 is 0 Å². The van der Waals surface area contributed by atoms with Crippen LogP contribution >= 0.6 is 0 Å². The molecule has 3 rings (SSSR count). The molecule has 1 heterocycles. The molecular weight excluding hydrogens is 352 g/mol. The maximum absolute atomic E-state index is 12.5. The number of hydrogen-bond acceptors (Lipinski definition) is 3. The molecule has 28 heavy (non-hydrogen) atoms. The second-order valence-corrected chi connectivity index (χ2v) is 7.02. The summed E-state index contributed by atoms with van der Waals surface area (Å²) in [5.41, 5.74) is 4.08. The molecule has 0 saturated heterocycles. The van der Waals surface area contributed by atoms with Crippen LogP contribution in [0.5, 0.6) is 0 Å². The standard InChI is InChI=1S/C22H26N4O2/c1-15-8-10-18(11-9-15)20(25-17(3)27)14-22(28)23-12-13-26-16(2)24-19-6-4-5-7-21(19)26/h4-11,20H,12-14H2,1-3H3,(H,23,28)(H,25,27). The summed E-state index contributed by atoms with van der Waals surface area (Å²) < 4.78 is 2.10. The van der Waals surface area contributed by atoms with Gasteiger partial charge in [-0.1, -0.05) is 42.0 Å². The Morgan fingerprint density at radius 1 is 1.07 bits per heavy atom. The van der Waals surface area contributed by atoms with Gasteiger partial charge in [0.05, 0.1) is 23.5 Å². The van der Waals surface area contributed by atoms with E-state index in [0.717, 1.165) is 28.0 Å². The van der Waals surface area contributed by atoms with Gasteiger partial charge < -0.3 is 15.2 Å². The lowest BCUT2D eigenvalue weighted by molar-refractivity contribution is -0.122. The zero-order valence-corrected chi connectivity index (χ0v) is 16.5. The van der Waals surface area contributed by atoms with Gasteiger partial charge in [-0.05, 0) is 31.5 Å². The molecule has 2 amide bonds. The average Bonchev–Trinajstić information content (AvgIpc) is 2.97. The minimum absolute atomic E-state index is 0.0959. The lowest BCUT2D eigenvalue weighted by Crippen LogP contribution is -2.34. The first-order valence-corrected chi connectivity index (χ1v) is 9.46. The van der Waals surface area contributed by atoms with Gasteiger partial charge in [-0.2, -0.15) is 0 Å². The summed E-state index contributed by atoms with van der Waals surface area (Å²) in [6, 6.07) is 15.5. The lowest BCUT2D eigenvalue weighted by atomic mass is 10.0. The van der Waals surface area contributed by atoms with Crippen LogP contribution in [0.25, 0.3) is 11.0 Å². The maximum atomic E-state index is 12.5. The van der Waals surface area contributed by atoms with Crippen molar-refractivity contribution in [1.82, 2.24) is 20.2 Å². The molecule has 3 aromatic rings. The van der Waals surface area contributed by atoms with Gasteiger partial charge in [-0.15, -0.1) is 0 Å². The van der Waals surface area contributed by atoms with Crippen molar-refractivity contribution < 1.29 is 9.59 Å². The molecule has 1 unspecified atom stereocenters. The Labute approximate surface area is 165 Å². The molecule has 0 aliphatic heterocycles. The van der Waals surface area contributed by atoms with Crippen LogP contribution in [-0.4, -0.2) is 27.9 Å². The highest BCUT2D eigenvalue weighted by atomic mass is 16.2. The third-order valence-corrected chi connectivity index (χ3v) is 4.75. The number of aromatic nitrogens is 2. The fraction of sp³-hybridized carbons (Fsp3) is 0.318. The smallest absolute Gasteiger partial charge is 0.222 e. The summed E-state index contributed by atoms with van der Waals surface area (Å²) in [5, 5.41) is 5.83. The van der Waals surface area contributed by atoms with Crippen molar-refractivity contribution in [2.24, 2.45) is 0 Å². The van der Waals surface area contributed by atoms with Crippen LogP contribution in [0.2, 0.25) is 0 Å². The predicted octanol–water partition coefficient (Wildman–Crippen LogP) is 3.04. The lowest BCUT2D eigenvalue weighted by Gasteiger charge is -2.18. The Morgan fingerprint density at radius 3 is 2.50 bits per heavy atom. The van der Waals surface area contributed by atoms with Gasteiger partial charge in [0.1, 0.15) is 5.82 Å². The van der Waals surface area contributed by atoms with Crippen LogP contribution < -0.4 is 10.6 Å². The first-order chi connectivity index (χ1) is 13.4. The quantitative estimate of drug-likeness (QED) is 0.663. The number of carbonyl (C=O) groups excluding carboxylic acids is 2. The first kappa shape index (κ1) is 19.6. The molecule has 146 valence electrons. The van der Waals surface area contributed by atoms with Gasteiger partial charge in [0.15, 0.2) is 0 Å². The van der Waals surface area contributed by atoms with Crippen LogP contribution in [-0.2, 0) is 16.1 Å². The Hall–Kier alpha value is -3.15. The minimum atomic E-state index is -0.339. The van der Waals surface area contributed by atoms with Gasteiger partial charge in [0.25, 0.3) is 0 Å². The van der Waals surface area contributed by atoms with Gasteiger partial charge in [0, 0.05) is 20.0 Å². The second kappa shape index (κ2) is 8.69. The molecule has 1 aromatic heterocycles. The molecule has 0 aliphatic rings. The molecule has 0 bridgehead atoms. The Balaban J connectivity index is 1.60. The summed E-state index contributed by atoms with van der Waals surface area (Å²) in [6.07, 6.45) is 0.201. The first-order valence-electron chi connectivity index (χ1n) is 9.46. The summed E-state index contributed by atoms with van der Waals surface area (Å²) in [6.45, 7) is 6.58. The van der Waals surface area contributed by atoms with Crippen LogP contribution in [0.15, 0.2) is 48.5 Å². The fourth-order valence-corrected chi connectivity index (χ4v) is 3.34. The van der Waals surface area contributed by atoms with Crippen molar-refractivity contribution in [3.8, 4) is 0 Å². The SMILES string of the molecule is CC(=O)NC(CC(=O)NCCn1c(C)nc2ccccc21)c1ccc(C)cc1. The van der Waals surface area contributed by atoms with Crippen LogP contribution in [0, 0.1) is 13.8 Å². The van der Waals surface area contributed by atoms with Crippen molar-refractivity contribution in [2.45, 2.75) is 39.8 Å². The van der Waals surface area contributed by atoms with Crippen molar-refractivity contribution >= 4 is 22.8 Å². The molecule has 1 atom stereocenters. The molecule has 2 aromatic carbocycles. The maximum Gasteiger partial charge on any atom is 0.222 e. The third-order valence-electron chi connectivity index (χ3n) is 4.75. The van der Waals surface area contributed by atoms with E-state index in [2.05, 4.69) is 20.2 Å². The van der Waals surface area contributed by atoms with Gasteiger partial charge in [0.2, 0.25) is 11.8 Å². The number of benzene rings is 2. The number of rotatable bonds is 7. The number of imidazole rings is 1. The van der Waals surface area contributed by atoms with Gasteiger partial charge >= 0.3 is 0 Å². The topological polar surface area (TPSA) is 76.0 Å². The Kier molecular flexibility index (Phi) is 6.09. The number of fused-ring (bicyclic) bond motifs is 1. The highest BCUT2D eigenvalue weighted by Crippen LogP contribution is 2.18. The highest BCUT2D eigenvalue weighted by Gasteiger charge is 2.17. The van der Waals surface area contributed by atoms with Crippen LogP contribution in [0.1, 0.15) is 36.3 Å². The van der Waals surface area contributed by atoms with Crippen molar-refractivity contribution in [3.05, 3.63) is 65.5 Å². The number of nitrogens with zero attached hydrogens (tertiary/aromatic N) is 2. The Bertz CT molecular complexity index is 976. The number of amides is 2. The molecule has 2 N–H and O–H groups in total. The normalized spacial score (nSPS) is 12.0. The van der Waals surface area contributed by atoms with Crippen LogP contribution in [0.3, 0.4) is 0 Å². The van der Waals surface area contributed by atoms with E-state index in [4.69, 9.17) is 0 Å². The van der Waals surface area contributed by atoms with E-state index in [1.165, 1.54) is 6.92 Å². The summed E-state index contributed by atoms with van der Waals surface area (Å²) in [5.74, 6) is 0.673. The third kappa shape index (κ3) is 4.76. The number of para-hydroxylation sites is 2. The van der Waals surface area contributed by atoms with E-state index in [-0.39, 0.29) is 24.3 Å². The van der Waals surface area contributed by atoms with Crippen LogP contribution in [0.4, 0.5) is 0 Å². The van der Waals surface area contributed by atoms with Gasteiger partial charge in [-0.25, -0.2) is 4.98 Å². The molecule has 0 saturated carbocycles. The van der Waals surface area contributed by atoms with E-state index in [9.17, 15) is 9.59 Å². The minimum Gasteiger partial charge on any atom is -0.354 e. The van der Waals surface area contributed by atoms with E-state index >= 15 is 0 Å². The molecule has 6 heteroatoms. The summed E-state index contributed by atoms with van der Waals surface area (Å²) >= 11 is 0. The van der Waals surface area contributed by atoms with Gasteiger partial charge in [-0.3, -0.25) is 9.59 Å². The molecule has 0 aliphatic carbocycles. The largest absolute Gasteiger partial charge is 0.354 e. The molecular formula is C22H26N4O2. The van der Waals surface area contributed by atoms with Crippen molar-refractivity contribution in [3.63, 3.8) is 0 Å². The number of nitrogens with one attached hydrogen (secondary N) is 2. The number of carbonyl (C=O) groups is 2. The summed E-state index contributed by atoms with van der Waals surface area (Å²) in [7, 11) is 0. The molecule has 0 fully saturated rings. The van der Waals surface area contributed by atoms with E-state index in [0.29, 0.717) is 13.1 Å². The number of aryl methyl sites for hydroxylation is 2. The zero-order valence-electron chi connectivity index (χ0n) is 16.5. The van der Waals surface area contributed by atoms with Crippen molar-refractivity contribution in [2.75, 3.05) is 6.54 Å². The fourth-order valence-electron chi connectivity index (χ4n) is 3.34. The second-order valence-electron chi connectivity index (χ2n) is 7.02. The molecule has 0 spiro atoms. The van der Waals surface area contributed by atoms with E-state index in [1.807, 2.05) is 62.4 Å². The molecule has 6 nitrogen and oxygen atoms in total. The van der Waals surface area contributed by atoms with E-state index in [1.54, 1.807) is 0 Å². The average molecular weight is 378 g/mol. The number of hydrogen-bond donors (Lipinski definition) is 2. The monoisotopic (exact) mass is 378 g/mol. The van der Waals surface area contributed by atoms with Crippen molar-refractivity contribution in [1.29, 1.82) is 0 Å². The Morgan fingerprint density at radius 2 is 1.79 bits per heavy atom. The predicted molar refractivity (Wildman–Crippen MR) is 110 cm³/mol. The highest BCUT2D eigenvalue weighted by molar-refractivity contribution is 5.79. The summed E-state index contributed by atoms with van der Waals surface area (Å²) in [4.78, 5) is 28.6.